The Morgan fingerprint density at radius 3 is 2.69 bits per heavy atom. The van der Waals surface area contributed by atoms with Gasteiger partial charge in [0.15, 0.2) is 0 Å². The molecule has 2 heteroatoms. The normalized spacial score (nSPS) is 26.3. The van der Waals surface area contributed by atoms with Crippen molar-refractivity contribution in [3.05, 3.63) is 24.3 Å². The molecule has 1 aliphatic rings. The number of carbonyl (C=O) groups is 1. The molecule has 0 heterocycles. The SMILES string of the molecule is C=C(C)CCC(=O)C1C=CC(N)C1. The minimum absolute atomic E-state index is 0.0642. The van der Waals surface area contributed by atoms with Gasteiger partial charge in [-0.1, -0.05) is 17.7 Å². The molecule has 2 atom stereocenters. The van der Waals surface area contributed by atoms with E-state index in [2.05, 4.69) is 6.58 Å². The Kier molecular flexibility index (Phi) is 3.43. The van der Waals surface area contributed by atoms with Crippen LogP contribution in [0.4, 0.5) is 0 Å². The summed E-state index contributed by atoms with van der Waals surface area (Å²) in [4.78, 5) is 11.5. The van der Waals surface area contributed by atoms with Gasteiger partial charge in [-0.05, 0) is 19.8 Å². The van der Waals surface area contributed by atoms with Crippen molar-refractivity contribution >= 4 is 5.78 Å². The molecule has 0 radical (unpaired) electrons. The van der Waals surface area contributed by atoms with Crippen LogP contribution < -0.4 is 5.73 Å². The van der Waals surface area contributed by atoms with E-state index >= 15 is 0 Å². The van der Waals surface area contributed by atoms with Gasteiger partial charge >= 0.3 is 0 Å². The Bertz CT molecular complexity index is 242. The van der Waals surface area contributed by atoms with Crippen LogP contribution in [0.3, 0.4) is 0 Å². The van der Waals surface area contributed by atoms with Gasteiger partial charge in [-0.15, -0.1) is 6.58 Å². The third kappa shape index (κ3) is 3.15. The van der Waals surface area contributed by atoms with Gasteiger partial charge in [0, 0.05) is 18.4 Å². The van der Waals surface area contributed by atoms with Crippen LogP contribution in [0.2, 0.25) is 0 Å². The van der Waals surface area contributed by atoms with Gasteiger partial charge < -0.3 is 5.73 Å². The highest BCUT2D eigenvalue weighted by Crippen LogP contribution is 2.19. The molecule has 0 aromatic heterocycles. The zero-order valence-corrected chi connectivity index (χ0v) is 8.12. The first-order valence-corrected chi connectivity index (χ1v) is 4.70. The van der Waals surface area contributed by atoms with E-state index < -0.39 is 0 Å². The maximum atomic E-state index is 11.5. The Balaban J connectivity index is 2.33. The zero-order valence-electron chi connectivity index (χ0n) is 8.12. The van der Waals surface area contributed by atoms with E-state index in [4.69, 9.17) is 5.73 Å². The lowest BCUT2D eigenvalue weighted by molar-refractivity contribution is -0.121. The van der Waals surface area contributed by atoms with Crippen LogP contribution in [0.15, 0.2) is 24.3 Å². The fraction of sp³-hybridized carbons (Fsp3) is 0.545. The number of ketones is 1. The summed E-state index contributed by atoms with van der Waals surface area (Å²) in [5, 5.41) is 0. The van der Waals surface area contributed by atoms with Crippen LogP contribution in [0.1, 0.15) is 26.2 Å². The van der Waals surface area contributed by atoms with Gasteiger partial charge in [0.1, 0.15) is 5.78 Å². The number of allylic oxidation sites excluding steroid dienone is 2. The first-order chi connectivity index (χ1) is 6.09. The molecule has 1 rings (SSSR count). The summed E-state index contributed by atoms with van der Waals surface area (Å²) < 4.78 is 0. The van der Waals surface area contributed by atoms with E-state index in [0.29, 0.717) is 12.2 Å². The smallest absolute Gasteiger partial charge is 0.140 e. The minimum atomic E-state index is 0.0642. The van der Waals surface area contributed by atoms with Crippen molar-refractivity contribution in [2.45, 2.75) is 32.2 Å². The van der Waals surface area contributed by atoms with E-state index in [0.717, 1.165) is 18.4 Å². The van der Waals surface area contributed by atoms with Gasteiger partial charge in [0.05, 0.1) is 0 Å². The highest BCUT2D eigenvalue weighted by molar-refractivity contribution is 5.83. The van der Waals surface area contributed by atoms with Crippen LogP contribution in [-0.2, 0) is 4.79 Å². The Morgan fingerprint density at radius 2 is 2.23 bits per heavy atom. The lowest BCUT2D eigenvalue weighted by atomic mass is 9.98. The summed E-state index contributed by atoms with van der Waals surface area (Å²) in [5.41, 5.74) is 6.73. The van der Waals surface area contributed by atoms with E-state index in [1.54, 1.807) is 0 Å². The van der Waals surface area contributed by atoms with Crippen molar-refractivity contribution in [1.29, 1.82) is 0 Å². The number of hydrogen-bond donors (Lipinski definition) is 1. The second-order valence-electron chi connectivity index (χ2n) is 3.81. The molecule has 72 valence electrons. The highest BCUT2D eigenvalue weighted by Gasteiger charge is 2.21. The molecular formula is C11H17NO. The van der Waals surface area contributed by atoms with E-state index in [-0.39, 0.29) is 12.0 Å². The summed E-state index contributed by atoms with van der Waals surface area (Å²) in [5.74, 6) is 0.363. The molecular weight excluding hydrogens is 162 g/mol. The second-order valence-corrected chi connectivity index (χ2v) is 3.81. The number of Topliss-reactive ketones (excluding diaryl/α,β-unsaturated/α-hetero) is 1. The van der Waals surface area contributed by atoms with E-state index in [9.17, 15) is 4.79 Å². The van der Waals surface area contributed by atoms with Gasteiger partial charge in [-0.3, -0.25) is 4.79 Å². The molecule has 0 fully saturated rings. The monoisotopic (exact) mass is 179 g/mol. The molecule has 0 amide bonds. The van der Waals surface area contributed by atoms with E-state index in [1.807, 2.05) is 19.1 Å². The lowest BCUT2D eigenvalue weighted by Gasteiger charge is -2.07. The van der Waals surface area contributed by atoms with Crippen LogP contribution >= 0.6 is 0 Å². The molecule has 0 spiro atoms. The average Bonchev–Trinajstić information content (AvgIpc) is 2.47. The molecule has 0 aliphatic heterocycles. The van der Waals surface area contributed by atoms with Crippen LogP contribution in [0.25, 0.3) is 0 Å². The number of nitrogens with two attached hydrogens (primary N) is 1. The first-order valence-electron chi connectivity index (χ1n) is 4.70. The average molecular weight is 179 g/mol. The Labute approximate surface area is 79.5 Å². The quantitative estimate of drug-likeness (QED) is 0.669. The minimum Gasteiger partial charge on any atom is -0.324 e. The number of carbonyl (C=O) groups excluding carboxylic acids is 1. The van der Waals surface area contributed by atoms with Crippen molar-refractivity contribution in [3.63, 3.8) is 0 Å². The molecule has 0 bridgehead atoms. The second kappa shape index (κ2) is 4.38. The lowest BCUT2D eigenvalue weighted by Crippen LogP contribution is -2.18. The third-order valence-electron chi connectivity index (χ3n) is 2.33. The molecule has 0 saturated heterocycles. The molecule has 0 saturated carbocycles. The van der Waals surface area contributed by atoms with Crippen LogP contribution in [-0.4, -0.2) is 11.8 Å². The summed E-state index contributed by atoms with van der Waals surface area (Å²) >= 11 is 0. The first kappa shape index (κ1) is 10.2. The topological polar surface area (TPSA) is 43.1 Å². The molecule has 2 N–H and O–H groups in total. The molecule has 2 nitrogen and oxygen atoms in total. The van der Waals surface area contributed by atoms with Gasteiger partial charge in [-0.2, -0.15) is 0 Å². The van der Waals surface area contributed by atoms with Crippen molar-refractivity contribution in [1.82, 2.24) is 0 Å². The fourth-order valence-corrected chi connectivity index (χ4v) is 1.49. The van der Waals surface area contributed by atoms with Gasteiger partial charge in [0.25, 0.3) is 0 Å². The molecule has 1 aliphatic carbocycles. The van der Waals surface area contributed by atoms with Crippen LogP contribution in [0.5, 0.6) is 0 Å². The third-order valence-corrected chi connectivity index (χ3v) is 2.33. The summed E-state index contributed by atoms with van der Waals surface area (Å²) in [6, 6.07) is 0.0822. The Morgan fingerprint density at radius 1 is 1.54 bits per heavy atom. The van der Waals surface area contributed by atoms with E-state index in [1.165, 1.54) is 0 Å². The fourth-order valence-electron chi connectivity index (χ4n) is 1.49. The zero-order chi connectivity index (χ0) is 9.84. The Hall–Kier alpha value is -0.890. The van der Waals surface area contributed by atoms with Gasteiger partial charge in [-0.25, -0.2) is 0 Å². The van der Waals surface area contributed by atoms with Crippen LogP contribution in [0, 0.1) is 5.92 Å². The van der Waals surface area contributed by atoms with Crippen molar-refractivity contribution < 1.29 is 4.79 Å². The largest absolute Gasteiger partial charge is 0.324 e. The standard InChI is InChI=1S/C11H17NO/c1-8(2)3-6-11(13)9-4-5-10(12)7-9/h4-5,9-10H,1,3,6-7,12H2,2H3. The number of rotatable bonds is 4. The predicted octanol–water partition coefficient (Wildman–Crippen LogP) is 1.82. The molecule has 13 heavy (non-hydrogen) atoms. The summed E-state index contributed by atoms with van der Waals surface area (Å²) in [6.07, 6.45) is 6.05. The molecule has 2 unspecified atom stereocenters. The summed E-state index contributed by atoms with van der Waals surface area (Å²) in [7, 11) is 0. The predicted molar refractivity (Wildman–Crippen MR) is 54.3 cm³/mol. The molecule has 0 aromatic carbocycles. The van der Waals surface area contributed by atoms with Gasteiger partial charge in [0.2, 0.25) is 0 Å². The highest BCUT2D eigenvalue weighted by atomic mass is 16.1. The van der Waals surface area contributed by atoms with Crippen molar-refractivity contribution in [2.24, 2.45) is 11.7 Å². The van der Waals surface area contributed by atoms with Crippen molar-refractivity contribution in [2.75, 3.05) is 0 Å². The summed E-state index contributed by atoms with van der Waals surface area (Å²) in [6.45, 7) is 5.72. The number of hydrogen-bond acceptors (Lipinski definition) is 2. The molecule has 0 aromatic rings. The maximum Gasteiger partial charge on any atom is 0.140 e. The maximum absolute atomic E-state index is 11.5. The van der Waals surface area contributed by atoms with Crippen molar-refractivity contribution in [3.8, 4) is 0 Å².